The maximum Gasteiger partial charge on any atom is 0.405 e. The Balaban J connectivity index is 4.01. The van der Waals surface area contributed by atoms with Crippen LogP contribution >= 0.6 is 0 Å². The predicted molar refractivity (Wildman–Crippen MR) is 91.2 cm³/mol. The van der Waals surface area contributed by atoms with E-state index < -0.39 is 17.3 Å². The third-order valence-corrected chi connectivity index (χ3v) is 3.66. The number of unbranched alkanes of at least 4 members (excludes halogenated alkanes) is 4. The van der Waals surface area contributed by atoms with Gasteiger partial charge >= 0.3 is 6.09 Å². The van der Waals surface area contributed by atoms with Crippen LogP contribution in [0.15, 0.2) is 0 Å². The van der Waals surface area contributed by atoms with E-state index in [1.165, 1.54) is 19.3 Å². The summed E-state index contributed by atoms with van der Waals surface area (Å²) in [5, 5.41) is 2.91. The number of nitrogens with one attached hydrogen (secondary N) is 1. The molecule has 0 fully saturated rings. The van der Waals surface area contributed by atoms with Crippen LogP contribution in [0.5, 0.6) is 0 Å². The van der Waals surface area contributed by atoms with Gasteiger partial charge in [-0.1, -0.05) is 32.6 Å². The zero-order valence-corrected chi connectivity index (χ0v) is 15.4. The fourth-order valence-electron chi connectivity index (χ4n) is 2.08. The Bertz CT molecular complexity index is 368. The van der Waals surface area contributed by atoms with Gasteiger partial charge in [0.15, 0.2) is 0 Å². The number of ether oxygens (including phenoxy) is 2. The molecular weight excluding hydrogens is 296 g/mol. The average Bonchev–Trinajstić information content (AvgIpc) is 2.40. The molecular formula is C17H34N2O4. The maximum atomic E-state index is 12.1. The van der Waals surface area contributed by atoms with Gasteiger partial charge in [0.25, 0.3) is 5.91 Å². The Morgan fingerprint density at radius 1 is 1.04 bits per heavy atom. The zero-order valence-electron chi connectivity index (χ0n) is 15.4. The van der Waals surface area contributed by atoms with Crippen molar-refractivity contribution in [3.05, 3.63) is 0 Å². The van der Waals surface area contributed by atoms with Crippen molar-refractivity contribution in [3.63, 3.8) is 0 Å². The second kappa shape index (κ2) is 10.5. The summed E-state index contributed by atoms with van der Waals surface area (Å²) in [6.07, 6.45) is 5.43. The Morgan fingerprint density at radius 2 is 1.65 bits per heavy atom. The molecule has 0 atom stereocenters. The number of hydrogen-bond acceptors (Lipinski definition) is 4. The summed E-state index contributed by atoms with van der Waals surface area (Å²) in [7, 11) is 0. The van der Waals surface area contributed by atoms with E-state index in [0.717, 1.165) is 12.8 Å². The Morgan fingerprint density at radius 3 is 2.22 bits per heavy atom. The smallest absolute Gasteiger partial charge is 0.405 e. The quantitative estimate of drug-likeness (QED) is 0.538. The summed E-state index contributed by atoms with van der Waals surface area (Å²) < 4.78 is 10.6. The second-order valence-corrected chi connectivity index (χ2v) is 6.96. The average molecular weight is 330 g/mol. The molecule has 23 heavy (non-hydrogen) atoms. The second-order valence-electron chi connectivity index (χ2n) is 6.96. The van der Waals surface area contributed by atoms with E-state index in [-0.39, 0.29) is 5.91 Å². The first-order valence-corrected chi connectivity index (χ1v) is 8.51. The van der Waals surface area contributed by atoms with Gasteiger partial charge in [0, 0.05) is 13.0 Å². The van der Waals surface area contributed by atoms with E-state index >= 15 is 0 Å². The minimum absolute atomic E-state index is 0.124. The highest BCUT2D eigenvalue weighted by Crippen LogP contribution is 2.17. The molecule has 6 nitrogen and oxygen atoms in total. The number of amides is 2. The van der Waals surface area contributed by atoms with Crippen molar-refractivity contribution in [2.24, 2.45) is 5.73 Å². The van der Waals surface area contributed by atoms with Gasteiger partial charge in [-0.05, 0) is 34.1 Å². The maximum absolute atomic E-state index is 12.1. The van der Waals surface area contributed by atoms with Crippen LogP contribution < -0.4 is 11.1 Å². The lowest BCUT2D eigenvalue weighted by Gasteiger charge is -2.28. The predicted octanol–water partition coefficient (Wildman–Crippen LogP) is 3.13. The lowest BCUT2D eigenvalue weighted by molar-refractivity contribution is -0.144. The lowest BCUT2D eigenvalue weighted by atomic mass is 10.1. The molecule has 0 saturated carbocycles. The molecule has 0 spiro atoms. The molecule has 6 heteroatoms. The van der Waals surface area contributed by atoms with E-state index in [9.17, 15) is 9.59 Å². The monoisotopic (exact) mass is 330 g/mol. The molecule has 0 aliphatic carbocycles. The summed E-state index contributed by atoms with van der Waals surface area (Å²) in [4.78, 5) is 22.9. The van der Waals surface area contributed by atoms with Crippen molar-refractivity contribution in [1.82, 2.24) is 5.32 Å². The number of primary amides is 1. The van der Waals surface area contributed by atoms with Crippen molar-refractivity contribution >= 4 is 12.0 Å². The number of nitrogens with two attached hydrogens (primary N) is 1. The molecule has 0 aromatic rings. The Labute approximate surface area is 140 Å². The molecule has 0 aliphatic rings. The molecule has 0 unspecified atom stereocenters. The molecule has 3 N–H and O–H groups in total. The fourth-order valence-corrected chi connectivity index (χ4v) is 2.08. The van der Waals surface area contributed by atoms with E-state index in [2.05, 4.69) is 12.2 Å². The first-order chi connectivity index (χ1) is 10.6. The third-order valence-electron chi connectivity index (χ3n) is 3.66. The summed E-state index contributed by atoms with van der Waals surface area (Å²) in [5.74, 6) is -0.124. The van der Waals surface area contributed by atoms with Crippen LogP contribution in [-0.4, -0.2) is 36.4 Å². The van der Waals surface area contributed by atoms with Gasteiger partial charge in [-0.2, -0.15) is 0 Å². The molecule has 0 rings (SSSR count). The SMILES string of the molecule is CCCCCCCNC(=O)C(C)(C)OCCC(C)(C)OC(N)=O. The van der Waals surface area contributed by atoms with Crippen molar-refractivity contribution in [1.29, 1.82) is 0 Å². The molecule has 0 aliphatic heterocycles. The van der Waals surface area contributed by atoms with E-state index in [0.29, 0.717) is 19.6 Å². The van der Waals surface area contributed by atoms with E-state index in [1.807, 2.05) is 0 Å². The molecule has 0 saturated heterocycles. The highest BCUT2D eigenvalue weighted by atomic mass is 16.6. The van der Waals surface area contributed by atoms with Gasteiger partial charge in [0.1, 0.15) is 11.2 Å². The minimum Gasteiger partial charge on any atom is -0.444 e. The largest absolute Gasteiger partial charge is 0.444 e. The molecule has 0 heterocycles. The number of carbonyl (C=O) groups is 2. The summed E-state index contributed by atoms with van der Waals surface area (Å²) in [6.45, 7) is 10.1. The lowest BCUT2D eigenvalue weighted by Crippen LogP contribution is -2.45. The van der Waals surface area contributed by atoms with Crippen LogP contribution in [0.2, 0.25) is 0 Å². The van der Waals surface area contributed by atoms with Gasteiger partial charge in [0.05, 0.1) is 6.61 Å². The normalized spacial score (nSPS) is 12.0. The number of carbonyl (C=O) groups excluding carboxylic acids is 2. The molecule has 2 amide bonds. The van der Waals surface area contributed by atoms with Crippen LogP contribution in [0.3, 0.4) is 0 Å². The summed E-state index contributed by atoms with van der Waals surface area (Å²) >= 11 is 0. The van der Waals surface area contributed by atoms with Gasteiger partial charge in [-0.15, -0.1) is 0 Å². The molecule has 136 valence electrons. The van der Waals surface area contributed by atoms with Crippen molar-refractivity contribution in [2.45, 2.75) is 84.3 Å². The van der Waals surface area contributed by atoms with E-state index in [4.69, 9.17) is 15.2 Å². The zero-order chi connectivity index (χ0) is 17.9. The molecule has 0 radical (unpaired) electrons. The van der Waals surface area contributed by atoms with Crippen molar-refractivity contribution in [2.75, 3.05) is 13.2 Å². The third kappa shape index (κ3) is 11.0. The minimum atomic E-state index is -0.910. The van der Waals surface area contributed by atoms with Crippen LogP contribution in [0.4, 0.5) is 4.79 Å². The van der Waals surface area contributed by atoms with E-state index in [1.54, 1.807) is 27.7 Å². The Kier molecular flexibility index (Phi) is 9.88. The highest BCUT2D eigenvalue weighted by Gasteiger charge is 2.30. The standard InChI is InChI=1S/C17H34N2O4/c1-6-7-8-9-10-12-19-14(20)17(4,5)22-13-11-16(2,3)23-15(18)21/h6-13H2,1-5H3,(H2,18,21)(H,19,20). The topological polar surface area (TPSA) is 90.7 Å². The first kappa shape index (κ1) is 21.7. The van der Waals surface area contributed by atoms with Crippen LogP contribution in [0, 0.1) is 0 Å². The fraction of sp³-hybridized carbons (Fsp3) is 0.882. The van der Waals surface area contributed by atoms with Gasteiger partial charge in [-0.3, -0.25) is 4.79 Å². The van der Waals surface area contributed by atoms with Gasteiger partial charge in [0.2, 0.25) is 0 Å². The molecule has 0 aromatic carbocycles. The van der Waals surface area contributed by atoms with Crippen molar-refractivity contribution in [3.8, 4) is 0 Å². The number of rotatable bonds is 12. The highest BCUT2D eigenvalue weighted by molar-refractivity contribution is 5.84. The summed E-state index contributed by atoms with van der Waals surface area (Å²) in [5.41, 5.74) is 3.40. The van der Waals surface area contributed by atoms with Crippen LogP contribution in [0.25, 0.3) is 0 Å². The van der Waals surface area contributed by atoms with Crippen molar-refractivity contribution < 1.29 is 19.1 Å². The Hall–Kier alpha value is -1.30. The van der Waals surface area contributed by atoms with Gasteiger partial charge in [-0.25, -0.2) is 4.79 Å². The van der Waals surface area contributed by atoms with Gasteiger partial charge < -0.3 is 20.5 Å². The molecule has 0 bridgehead atoms. The van der Waals surface area contributed by atoms with Crippen LogP contribution in [-0.2, 0) is 14.3 Å². The molecule has 0 aromatic heterocycles. The van der Waals surface area contributed by atoms with Crippen LogP contribution in [0.1, 0.15) is 73.1 Å². The first-order valence-electron chi connectivity index (χ1n) is 8.51. The number of hydrogen-bond donors (Lipinski definition) is 2. The summed E-state index contributed by atoms with van der Waals surface area (Å²) in [6, 6.07) is 0.